The van der Waals surface area contributed by atoms with Gasteiger partial charge in [-0.1, -0.05) is 0 Å². The normalized spacial score (nSPS) is 11.1. The SMILES string of the molecule is CNCc1cncn1CCOC(C)C. The van der Waals surface area contributed by atoms with Crippen molar-refractivity contribution in [1.29, 1.82) is 0 Å². The predicted octanol–water partition coefficient (Wildman–Crippen LogP) is 1.03. The van der Waals surface area contributed by atoms with Crippen LogP contribution in [0, 0.1) is 0 Å². The third-order valence-corrected chi connectivity index (χ3v) is 1.94. The minimum absolute atomic E-state index is 0.297. The van der Waals surface area contributed by atoms with Crippen molar-refractivity contribution in [1.82, 2.24) is 14.9 Å². The van der Waals surface area contributed by atoms with E-state index in [2.05, 4.69) is 14.9 Å². The molecule has 0 aliphatic rings. The molecule has 0 unspecified atom stereocenters. The third-order valence-electron chi connectivity index (χ3n) is 1.94. The lowest BCUT2D eigenvalue weighted by Gasteiger charge is -2.10. The summed E-state index contributed by atoms with van der Waals surface area (Å²) in [7, 11) is 1.93. The van der Waals surface area contributed by atoms with Gasteiger partial charge in [-0.3, -0.25) is 0 Å². The summed E-state index contributed by atoms with van der Waals surface area (Å²) < 4.78 is 7.59. The van der Waals surface area contributed by atoms with Gasteiger partial charge in [0, 0.05) is 19.3 Å². The lowest BCUT2D eigenvalue weighted by atomic mass is 10.4. The zero-order chi connectivity index (χ0) is 10.4. The van der Waals surface area contributed by atoms with E-state index < -0.39 is 0 Å². The van der Waals surface area contributed by atoms with Crippen LogP contribution in [0.25, 0.3) is 0 Å². The average Bonchev–Trinajstić information content (AvgIpc) is 2.53. The lowest BCUT2D eigenvalue weighted by Crippen LogP contribution is -2.14. The highest BCUT2D eigenvalue weighted by Gasteiger charge is 2.00. The molecule has 0 aromatic carbocycles. The Kier molecular flexibility index (Phi) is 4.62. The van der Waals surface area contributed by atoms with Gasteiger partial charge in [-0.15, -0.1) is 0 Å². The number of rotatable bonds is 6. The lowest BCUT2D eigenvalue weighted by molar-refractivity contribution is 0.0723. The van der Waals surface area contributed by atoms with Gasteiger partial charge in [-0.25, -0.2) is 4.98 Å². The molecule has 14 heavy (non-hydrogen) atoms. The first-order chi connectivity index (χ1) is 6.74. The highest BCUT2D eigenvalue weighted by atomic mass is 16.5. The fourth-order valence-corrected chi connectivity index (χ4v) is 1.26. The highest BCUT2D eigenvalue weighted by Crippen LogP contribution is 1.99. The van der Waals surface area contributed by atoms with Gasteiger partial charge < -0.3 is 14.6 Å². The standard InChI is InChI=1S/C10H19N3O/c1-9(2)14-5-4-13-8-12-7-10(13)6-11-3/h7-9,11H,4-6H2,1-3H3. The first-order valence-electron chi connectivity index (χ1n) is 4.99. The van der Waals surface area contributed by atoms with Crippen LogP contribution in [0.3, 0.4) is 0 Å². The third kappa shape index (κ3) is 3.47. The molecule has 0 bridgehead atoms. The van der Waals surface area contributed by atoms with Gasteiger partial charge in [0.05, 0.1) is 24.7 Å². The molecule has 0 saturated carbocycles. The first-order valence-corrected chi connectivity index (χ1v) is 4.99. The van der Waals surface area contributed by atoms with E-state index in [1.165, 1.54) is 5.69 Å². The van der Waals surface area contributed by atoms with Gasteiger partial charge in [0.15, 0.2) is 0 Å². The van der Waals surface area contributed by atoms with Crippen LogP contribution < -0.4 is 5.32 Å². The second-order valence-electron chi connectivity index (χ2n) is 3.53. The Bertz CT molecular complexity index is 258. The average molecular weight is 197 g/mol. The van der Waals surface area contributed by atoms with Crippen molar-refractivity contribution < 1.29 is 4.74 Å². The van der Waals surface area contributed by atoms with Crippen LogP contribution in [0.1, 0.15) is 19.5 Å². The molecule has 4 heteroatoms. The summed E-state index contributed by atoms with van der Waals surface area (Å²) in [6.07, 6.45) is 4.02. The number of hydrogen-bond donors (Lipinski definition) is 1. The molecule has 1 N–H and O–H groups in total. The number of hydrogen-bond acceptors (Lipinski definition) is 3. The van der Waals surface area contributed by atoms with E-state index in [1.807, 2.05) is 33.4 Å². The van der Waals surface area contributed by atoms with Gasteiger partial charge in [0.25, 0.3) is 0 Å². The fraction of sp³-hybridized carbons (Fsp3) is 0.700. The molecule has 1 aromatic heterocycles. The van der Waals surface area contributed by atoms with Crippen molar-refractivity contribution in [3.8, 4) is 0 Å². The molecule has 0 fully saturated rings. The van der Waals surface area contributed by atoms with Crippen LogP contribution in [0.4, 0.5) is 0 Å². The van der Waals surface area contributed by atoms with Crippen molar-refractivity contribution in [2.75, 3.05) is 13.7 Å². The maximum atomic E-state index is 5.48. The molecule has 1 aromatic rings. The zero-order valence-corrected chi connectivity index (χ0v) is 9.16. The number of nitrogens with one attached hydrogen (secondary N) is 1. The molecule has 0 saturated heterocycles. The summed E-state index contributed by atoms with van der Waals surface area (Å²) >= 11 is 0. The minimum atomic E-state index is 0.297. The summed E-state index contributed by atoms with van der Waals surface area (Å²) in [5.74, 6) is 0. The van der Waals surface area contributed by atoms with Gasteiger partial charge in [0.1, 0.15) is 0 Å². The molecule has 1 rings (SSSR count). The molecule has 0 spiro atoms. The van der Waals surface area contributed by atoms with E-state index in [1.54, 1.807) is 0 Å². The summed E-state index contributed by atoms with van der Waals surface area (Å²) in [4.78, 5) is 4.11. The summed E-state index contributed by atoms with van der Waals surface area (Å²) in [5, 5.41) is 3.11. The fourth-order valence-electron chi connectivity index (χ4n) is 1.26. The summed E-state index contributed by atoms with van der Waals surface area (Å²) in [6, 6.07) is 0. The molecule has 1 heterocycles. The molecule has 0 aliphatic heterocycles. The van der Waals surface area contributed by atoms with E-state index in [4.69, 9.17) is 4.74 Å². The van der Waals surface area contributed by atoms with Crippen molar-refractivity contribution in [3.63, 3.8) is 0 Å². The van der Waals surface area contributed by atoms with Crippen LogP contribution in [0.5, 0.6) is 0 Å². The second-order valence-corrected chi connectivity index (χ2v) is 3.53. The highest BCUT2D eigenvalue weighted by molar-refractivity contribution is 4.97. The van der Waals surface area contributed by atoms with Crippen LogP contribution in [-0.2, 0) is 17.8 Å². The first kappa shape index (κ1) is 11.2. The predicted molar refractivity (Wildman–Crippen MR) is 56.1 cm³/mol. The molecule has 0 aliphatic carbocycles. The minimum Gasteiger partial charge on any atom is -0.377 e. The molecule has 0 atom stereocenters. The maximum Gasteiger partial charge on any atom is 0.0949 e. The van der Waals surface area contributed by atoms with Crippen LogP contribution >= 0.6 is 0 Å². The number of ether oxygens (including phenoxy) is 1. The Hall–Kier alpha value is -0.870. The van der Waals surface area contributed by atoms with Crippen molar-refractivity contribution >= 4 is 0 Å². The summed E-state index contributed by atoms with van der Waals surface area (Å²) in [6.45, 7) is 6.55. The van der Waals surface area contributed by atoms with Gasteiger partial charge in [-0.2, -0.15) is 0 Å². The van der Waals surface area contributed by atoms with Crippen molar-refractivity contribution in [2.45, 2.75) is 33.0 Å². The van der Waals surface area contributed by atoms with Crippen LogP contribution in [0.15, 0.2) is 12.5 Å². The number of aromatic nitrogens is 2. The van der Waals surface area contributed by atoms with E-state index >= 15 is 0 Å². The Labute approximate surface area is 85.3 Å². The molecular formula is C10H19N3O. The molecule has 80 valence electrons. The Balaban J connectivity index is 2.37. The zero-order valence-electron chi connectivity index (χ0n) is 9.16. The topological polar surface area (TPSA) is 39.1 Å². The molecular weight excluding hydrogens is 178 g/mol. The Morgan fingerprint density at radius 3 is 3.00 bits per heavy atom. The van der Waals surface area contributed by atoms with Crippen molar-refractivity contribution in [2.24, 2.45) is 0 Å². The van der Waals surface area contributed by atoms with Gasteiger partial charge in [-0.05, 0) is 20.9 Å². The largest absolute Gasteiger partial charge is 0.377 e. The Morgan fingerprint density at radius 1 is 1.57 bits per heavy atom. The monoisotopic (exact) mass is 197 g/mol. The smallest absolute Gasteiger partial charge is 0.0949 e. The van der Waals surface area contributed by atoms with Crippen LogP contribution in [-0.4, -0.2) is 29.3 Å². The van der Waals surface area contributed by atoms with E-state index in [-0.39, 0.29) is 0 Å². The van der Waals surface area contributed by atoms with E-state index in [9.17, 15) is 0 Å². The van der Waals surface area contributed by atoms with Gasteiger partial charge >= 0.3 is 0 Å². The van der Waals surface area contributed by atoms with Gasteiger partial charge in [0.2, 0.25) is 0 Å². The molecule has 0 radical (unpaired) electrons. The second kappa shape index (κ2) is 5.78. The van der Waals surface area contributed by atoms with Crippen molar-refractivity contribution in [3.05, 3.63) is 18.2 Å². The quantitative estimate of drug-likeness (QED) is 0.740. The summed E-state index contributed by atoms with van der Waals surface area (Å²) in [5.41, 5.74) is 1.19. The maximum absolute atomic E-state index is 5.48. The number of imidazole rings is 1. The number of nitrogens with zero attached hydrogens (tertiary/aromatic N) is 2. The van der Waals surface area contributed by atoms with E-state index in [0.717, 1.165) is 19.7 Å². The molecule has 4 nitrogen and oxygen atoms in total. The van der Waals surface area contributed by atoms with Crippen LogP contribution in [0.2, 0.25) is 0 Å². The molecule has 0 amide bonds. The van der Waals surface area contributed by atoms with E-state index in [0.29, 0.717) is 6.10 Å². The Morgan fingerprint density at radius 2 is 2.36 bits per heavy atom.